The van der Waals surface area contributed by atoms with Crippen molar-refractivity contribution in [2.45, 2.75) is 46.1 Å². The number of nitrogens with zero attached hydrogens (tertiary/aromatic N) is 1. The number of carbonyl (C=O) groups excluding carboxylic acids is 2. The molecular weight excluding hydrogens is 414 g/mol. The van der Waals surface area contributed by atoms with E-state index in [1.54, 1.807) is 31.4 Å². The van der Waals surface area contributed by atoms with Gasteiger partial charge in [-0.15, -0.1) is 0 Å². The Bertz CT molecular complexity index is 932. The molecule has 0 unspecified atom stereocenters. The highest BCUT2D eigenvalue weighted by molar-refractivity contribution is 6.10. The van der Waals surface area contributed by atoms with Crippen LogP contribution in [0.15, 0.2) is 42.5 Å². The van der Waals surface area contributed by atoms with Crippen LogP contribution in [0, 0.1) is 5.92 Å². The summed E-state index contributed by atoms with van der Waals surface area (Å²) in [5, 5.41) is 6.33. The van der Waals surface area contributed by atoms with E-state index in [4.69, 9.17) is 4.74 Å². The van der Waals surface area contributed by atoms with Gasteiger partial charge in [-0.05, 0) is 88.0 Å². The topological polar surface area (TPSA) is 70.7 Å². The third kappa shape index (κ3) is 6.57. The molecule has 0 atom stereocenters. The second-order valence-electron chi connectivity index (χ2n) is 8.97. The quantitative estimate of drug-likeness (QED) is 0.532. The van der Waals surface area contributed by atoms with Gasteiger partial charge in [-0.2, -0.15) is 0 Å². The van der Waals surface area contributed by atoms with Gasteiger partial charge in [0.1, 0.15) is 5.75 Å². The Hall–Kier alpha value is -2.86. The fraction of sp³-hybridized carbons (Fsp3) is 0.481. The molecule has 33 heavy (non-hydrogen) atoms. The van der Waals surface area contributed by atoms with Crippen molar-refractivity contribution < 1.29 is 14.3 Å². The predicted octanol–water partition coefficient (Wildman–Crippen LogP) is 4.14. The Labute approximate surface area is 197 Å². The molecule has 0 aliphatic carbocycles. The monoisotopic (exact) mass is 451 g/mol. The lowest BCUT2D eigenvalue weighted by molar-refractivity contribution is -0.119. The van der Waals surface area contributed by atoms with E-state index in [9.17, 15) is 9.59 Å². The summed E-state index contributed by atoms with van der Waals surface area (Å²) in [4.78, 5) is 28.1. The van der Waals surface area contributed by atoms with Crippen LogP contribution >= 0.6 is 0 Å². The number of hydrogen-bond acceptors (Lipinski definition) is 5. The summed E-state index contributed by atoms with van der Waals surface area (Å²) >= 11 is 0. The number of carbonyl (C=O) groups is 2. The second-order valence-corrected chi connectivity index (χ2v) is 8.97. The van der Waals surface area contributed by atoms with Crippen LogP contribution in [0.25, 0.3) is 0 Å². The third-order valence-corrected chi connectivity index (χ3v) is 6.53. The zero-order chi connectivity index (χ0) is 23.8. The standard InChI is InChI=1S/C27H37N3O3/c1-5-23-24(27(32)21-9-11-22(33-4)12-10-21)7-6-8-25(23)28-18-26(31)29-17-20-13-15-30(16-14-20)19(2)3/h6-12,19-20,28H,5,13-18H2,1-4H3,(H,29,31). The molecule has 0 bridgehead atoms. The predicted molar refractivity (Wildman–Crippen MR) is 133 cm³/mol. The lowest BCUT2D eigenvalue weighted by Gasteiger charge is -2.34. The van der Waals surface area contributed by atoms with E-state index in [-0.39, 0.29) is 18.2 Å². The number of ketones is 1. The van der Waals surface area contributed by atoms with Gasteiger partial charge in [-0.25, -0.2) is 0 Å². The first-order valence-electron chi connectivity index (χ1n) is 12.0. The van der Waals surface area contributed by atoms with Gasteiger partial charge in [0.25, 0.3) is 0 Å². The Morgan fingerprint density at radius 1 is 1.09 bits per heavy atom. The van der Waals surface area contributed by atoms with Crippen LogP contribution in [-0.4, -0.2) is 55.9 Å². The number of rotatable bonds is 10. The van der Waals surface area contributed by atoms with Crippen LogP contribution in [-0.2, 0) is 11.2 Å². The fourth-order valence-electron chi connectivity index (χ4n) is 4.41. The van der Waals surface area contributed by atoms with Gasteiger partial charge in [0.05, 0.1) is 13.7 Å². The molecule has 1 aliphatic rings. The zero-order valence-corrected chi connectivity index (χ0v) is 20.3. The van der Waals surface area contributed by atoms with Gasteiger partial charge in [-0.3, -0.25) is 9.59 Å². The minimum atomic E-state index is -0.0321. The number of methoxy groups -OCH3 is 1. The van der Waals surface area contributed by atoms with E-state index in [0.29, 0.717) is 35.3 Å². The molecule has 0 radical (unpaired) electrons. The maximum atomic E-state index is 13.1. The van der Waals surface area contributed by atoms with Crippen molar-refractivity contribution in [3.8, 4) is 5.75 Å². The third-order valence-electron chi connectivity index (χ3n) is 6.53. The van der Waals surface area contributed by atoms with Crippen LogP contribution in [0.2, 0.25) is 0 Å². The van der Waals surface area contributed by atoms with Crippen molar-refractivity contribution in [3.05, 3.63) is 59.2 Å². The van der Waals surface area contributed by atoms with E-state index in [2.05, 4.69) is 29.4 Å². The van der Waals surface area contributed by atoms with E-state index >= 15 is 0 Å². The summed E-state index contributed by atoms with van der Waals surface area (Å²) in [7, 11) is 1.60. The van der Waals surface area contributed by atoms with Crippen LogP contribution in [0.4, 0.5) is 5.69 Å². The molecule has 0 saturated carbocycles. The summed E-state index contributed by atoms with van der Waals surface area (Å²) in [6.45, 7) is 9.61. The highest BCUT2D eigenvalue weighted by Gasteiger charge is 2.21. The van der Waals surface area contributed by atoms with E-state index < -0.39 is 0 Å². The molecule has 1 saturated heterocycles. The van der Waals surface area contributed by atoms with Crippen LogP contribution < -0.4 is 15.4 Å². The maximum absolute atomic E-state index is 13.1. The molecule has 0 aromatic heterocycles. The van der Waals surface area contributed by atoms with Crippen molar-refractivity contribution in [1.82, 2.24) is 10.2 Å². The Morgan fingerprint density at radius 3 is 2.39 bits per heavy atom. The lowest BCUT2D eigenvalue weighted by atomic mass is 9.95. The van der Waals surface area contributed by atoms with Crippen molar-refractivity contribution >= 4 is 17.4 Å². The Morgan fingerprint density at radius 2 is 1.79 bits per heavy atom. The van der Waals surface area contributed by atoms with Crippen LogP contribution in [0.1, 0.15) is 55.1 Å². The molecule has 6 heteroatoms. The number of benzene rings is 2. The smallest absolute Gasteiger partial charge is 0.239 e. The molecule has 1 fully saturated rings. The largest absolute Gasteiger partial charge is 0.497 e. The molecule has 2 aromatic rings. The summed E-state index contributed by atoms with van der Waals surface area (Å²) in [6.07, 6.45) is 2.94. The van der Waals surface area contributed by atoms with Gasteiger partial charge < -0.3 is 20.3 Å². The summed E-state index contributed by atoms with van der Waals surface area (Å²) in [6, 6.07) is 13.4. The normalized spacial score (nSPS) is 14.8. The van der Waals surface area contributed by atoms with Crippen LogP contribution in [0.3, 0.4) is 0 Å². The van der Waals surface area contributed by atoms with Gasteiger partial charge in [0.2, 0.25) is 5.91 Å². The first-order chi connectivity index (χ1) is 15.9. The second kappa shape index (κ2) is 11.8. The van der Waals surface area contributed by atoms with E-state index in [0.717, 1.165) is 43.7 Å². The van der Waals surface area contributed by atoms with Gasteiger partial charge in [0, 0.05) is 29.4 Å². The molecule has 178 valence electrons. The van der Waals surface area contributed by atoms with Gasteiger partial charge >= 0.3 is 0 Å². The Balaban J connectivity index is 1.56. The summed E-state index contributed by atoms with van der Waals surface area (Å²) in [5.41, 5.74) is 3.03. The molecule has 1 amide bonds. The number of hydrogen-bond donors (Lipinski definition) is 2. The summed E-state index contributed by atoms with van der Waals surface area (Å²) < 4.78 is 5.18. The highest BCUT2D eigenvalue weighted by atomic mass is 16.5. The molecule has 1 aliphatic heterocycles. The highest BCUT2D eigenvalue weighted by Crippen LogP contribution is 2.24. The zero-order valence-electron chi connectivity index (χ0n) is 20.3. The minimum absolute atomic E-state index is 0.0183. The Kier molecular flexibility index (Phi) is 8.89. The van der Waals surface area contributed by atoms with Crippen molar-refractivity contribution in [3.63, 3.8) is 0 Å². The molecular formula is C27H37N3O3. The van der Waals surface area contributed by atoms with Crippen molar-refractivity contribution in [2.24, 2.45) is 5.92 Å². The molecule has 0 spiro atoms. The molecule has 3 rings (SSSR count). The van der Waals surface area contributed by atoms with Crippen molar-refractivity contribution in [2.75, 3.05) is 38.6 Å². The first kappa shape index (κ1) is 24.8. The fourth-order valence-corrected chi connectivity index (χ4v) is 4.41. The SMILES string of the molecule is CCc1c(NCC(=O)NCC2CCN(C(C)C)CC2)cccc1C(=O)c1ccc(OC)cc1. The summed E-state index contributed by atoms with van der Waals surface area (Å²) in [5.74, 6) is 1.21. The minimum Gasteiger partial charge on any atom is -0.497 e. The molecule has 6 nitrogen and oxygen atoms in total. The van der Waals surface area contributed by atoms with Gasteiger partial charge in [-0.1, -0.05) is 19.1 Å². The molecule has 2 aromatic carbocycles. The number of anilines is 1. The average Bonchev–Trinajstić information content (AvgIpc) is 2.85. The van der Waals surface area contributed by atoms with Gasteiger partial charge in [0.15, 0.2) is 5.78 Å². The van der Waals surface area contributed by atoms with E-state index in [1.807, 2.05) is 25.1 Å². The maximum Gasteiger partial charge on any atom is 0.239 e. The van der Waals surface area contributed by atoms with Crippen molar-refractivity contribution in [1.29, 1.82) is 0 Å². The number of amides is 1. The number of ether oxygens (including phenoxy) is 1. The lowest BCUT2D eigenvalue weighted by Crippen LogP contribution is -2.42. The number of nitrogens with one attached hydrogen (secondary N) is 2. The molecule has 2 N–H and O–H groups in total. The first-order valence-corrected chi connectivity index (χ1v) is 12.0. The van der Waals surface area contributed by atoms with E-state index in [1.165, 1.54) is 0 Å². The number of piperidine rings is 1. The number of likely N-dealkylation sites (tertiary alicyclic amines) is 1. The van der Waals surface area contributed by atoms with Crippen LogP contribution in [0.5, 0.6) is 5.75 Å². The average molecular weight is 452 g/mol. The molecule has 1 heterocycles.